The first-order valence-electron chi connectivity index (χ1n) is 1.99. The fourth-order valence-corrected chi connectivity index (χ4v) is 0. The van der Waals surface area contributed by atoms with E-state index in [1.165, 1.54) is 5.29 Å². The molecular formula is C5H11P. The van der Waals surface area contributed by atoms with Gasteiger partial charge < -0.3 is 0 Å². The van der Waals surface area contributed by atoms with Crippen molar-refractivity contribution in [2.24, 2.45) is 0 Å². The van der Waals surface area contributed by atoms with Crippen molar-refractivity contribution in [2.45, 2.75) is 13.8 Å². The standard InChI is InChI=1S/C5H11P/c1-5(2)6(3)4/h3H2,1-2,4H3. The summed E-state index contributed by atoms with van der Waals surface area (Å²) in [5.74, 6) is 0. The van der Waals surface area contributed by atoms with Crippen molar-refractivity contribution in [3.63, 3.8) is 0 Å². The van der Waals surface area contributed by atoms with E-state index in [1.807, 2.05) is 0 Å². The highest BCUT2D eigenvalue weighted by Crippen LogP contribution is 1.98. The maximum absolute atomic E-state index is 3.87. The molecule has 0 bridgehead atoms. The van der Waals surface area contributed by atoms with E-state index >= 15 is 0 Å². The summed E-state index contributed by atoms with van der Waals surface area (Å²) in [7, 11) is 0.00720. The first-order valence-corrected chi connectivity index (χ1v) is 3.96. The van der Waals surface area contributed by atoms with Gasteiger partial charge in [0.05, 0.1) is 0 Å². The van der Waals surface area contributed by atoms with E-state index in [0.717, 1.165) is 0 Å². The molecule has 0 aromatic carbocycles. The Morgan fingerprint density at radius 2 is 1.67 bits per heavy atom. The summed E-state index contributed by atoms with van der Waals surface area (Å²) >= 11 is 0. The van der Waals surface area contributed by atoms with Crippen LogP contribution in [-0.4, -0.2) is 18.3 Å². The monoisotopic (exact) mass is 102 g/mol. The molecule has 6 heavy (non-hydrogen) atoms. The van der Waals surface area contributed by atoms with Crippen molar-refractivity contribution < 1.29 is 0 Å². The maximum Gasteiger partial charge on any atom is -0.0264 e. The van der Waals surface area contributed by atoms with Crippen LogP contribution in [0.3, 0.4) is 0 Å². The molecule has 0 amide bonds. The van der Waals surface area contributed by atoms with Gasteiger partial charge >= 0.3 is 0 Å². The molecule has 1 heteroatoms. The van der Waals surface area contributed by atoms with Crippen LogP contribution >= 0.6 is 7.17 Å². The van der Waals surface area contributed by atoms with Gasteiger partial charge in [-0.05, 0) is 20.5 Å². The largest absolute Gasteiger partial charge is 0.137 e. The first-order chi connectivity index (χ1) is 2.64. The van der Waals surface area contributed by atoms with E-state index in [0.29, 0.717) is 0 Å². The van der Waals surface area contributed by atoms with Crippen LogP contribution in [0.4, 0.5) is 0 Å². The zero-order chi connectivity index (χ0) is 5.15. The quantitative estimate of drug-likeness (QED) is 0.409. The Morgan fingerprint density at radius 1 is 1.50 bits per heavy atom. The zero-order valence-electron chi connectivity index (χ0n) is 4.65. The van der Waals surface area contributed by atoms with E-state index in [4.69, 9.17) is 0 Å². The third-order valence-corrected chi connectivity index (χ3v) is 2.29. The van der Waals surface area contributed by atoms with Crippen molar-refractivity contribution in [3.05, 3.63) is 0 Å². The van der Waals surface area contributed by atoms with E-state index in [9.17, 15) is 0 Å². The SMILES string of the molecule is C=P(C)=C(C)C. The van der Waals surface area contributed by atoms with E-state index in [-0.39, 0.29) is 7.17 Å². The van der Waals surface area contributed by atoms with E-state index < -0.39 is 0 Å². The normalized spacial score (nSPS) is 10.8. The minimum atomic E-state index is 0.00720. The van der Waals surface area contributed by atoms with Gasteiger partial charge in [-0.3, -0.25) is 0 Å². The average Bonchev–Trinajstić information content (AvgIpc) is 1.36. The minimum absolute atomic E-state index is 0.00720. The zero-order valence-corrected chi connectivity index (χ0v) is 5.55. The van der Waals surface area contributed by atoms with Gasteiger partial charge in [0.2, 0.25) is 0 Å². The summed E-state index contributed by atoms with van der Waals surface area (Å²) < 4.78 is 0. The molecule has 0 aliphatic rings. The molecule has 0 radical (unpaired) electrons. The molecule has 0 rings (SSSR count). The summed E-state index contributed by atoms with van der Waals surface area (Å²) in [5, 5.41) is 1.46. The molecule has 1 atom stereocenters. The predicted octanol–water partition coefficient (Wildman–Crippen LogP) is 1.74. The summed E-state index contributed by atoms with van der Waals surface area (Å²) in [5.41, 5.74) is 0. The Balaban J connectivity index is 4.08. The van der Waals surface area contributed by atoms with Gasteiger partial charge in [-0.15, -0.1) is 7.17 Å². The van der Waals surface area contributed by atoms with Crippen LogP contribution in [0, 0.1) is 0 Å². The Morgan fingerprint density at radius 3 is 1.67 bits per heavy atom. The first kappa shape index (κ1) is 6.04. The van der Waals surface area contributed by atoms with Crippen molar-refractivity contribution in [3.8, 4) is 0 Å². The average molecular weight is 102 g/mol. The van der Waals surface area contributed by atoms with Crippen LogP contribution in [-0.2, 0) is 0 Å². The van der Waals surface area contributed by atoms with E-state index in [2.05, 4.69) is 26.8 Å². The van der Waals surface area contributed by atoms with Gasteiger partial charge in [0.1, 0.15) is 0 Å². The molecule has 0 nitrogen and oxygen atoms in total. The van der Waals surface area contributed by atoms with Gasteiger partial charge in [-0.2, -0.15) is 0 Å². The molecule has 0 N–H and O–H groups in total. The van der Waals surface area contributed by atoms with Crippen molar-refractivity contribution >= 4 is 18.8 Å². The van der Waals surface area contributed by atoms with Crippen LogP contribution in [0.5, 0.6) is 0 Å². The van der Waals surface area contributed by atoms with Gasteiger partial charge in [0, 0.05) is 0 Å². The summed E-state index contributed by atoms with van der Waals surface area (Å²) in [6, 6.07) is 0. The lowest BCUT2D eigenvalue weighted by Crippen LogP contribution is -1.69. The molecule has 0 spiro atoms. The fraction of sp³-hybridized carbons (Fsp3) is 0.600. The van der Waals surface area contributed by atoms with Crippen LogP contribution < -0.4 is 0 Å². The Kier molecular flexibility index (Phi) is 2.27. The highest BCUT2D eigenvalue weighted by Gasteiger charge is 1.66. The van der Waals surface area contributed by atoms with E-state index in [1.54, 1.807) is 0 Å². The summed E-state index contributed by atoms with van der Waals surface area (Å²) in [6.45, 7) is 6.40. The highest BCUT2D eigenvalue weighted by atomic mass is 31.1. The minimum Gasteiger partial charge on any atom is -0.137 e. The Labute approximate surface area is 40.2 Å². The molecule has 0 aromatic rings. The molecule has 36 valence electrons. The fourth-order valence-electron chi connectivity index (χ4n) is 0. The number of rotatable bonds is 0. The second kappa shape index (κ2) is 2.25. The lowest BCUT2D eigenvalue weighted by Gasteiger charge is -1.80. The second-order valence-electron chi connectivity index (χ2n) is 1.65. The molecule has 0 saturated carbocycles. The van der Waals surface area contributed by atoms with Crippen LogP contribution in [0.15, 0.2) is 0 Å². The highest BCUT2D eigenvalue weighted by molar-refractivity contribution is 7.56. The molecular weight excluding hydrogens is 91.0 g/mol. The number of hydrogen-bond donors (Lipinski definition) is 0. The van der Waals surface area contributed by atoms with Gasteiger partial charge in [0.15, 0.2) is 0 Å². The van der Waals surface area contributed by atoms with Crippen LogP contribution in [0.2, 0.25) is 0 Å². The molecule has 0 aromatic heterocycles. The molecule has 0 aliphatic heterocycles. The maximum atomic E-state index is 3.87. The Hall–Kier alpha value is 0.0400. The third kappa shape index (κ3) is 2.29. The lowest BCUT2D eigenvalue weighted by molar-refractivity contribution is 1.84. The Bertz CT molecular complexity index is 101. The van der Waals surface area contributed by atoms with Crippen LogP contribution in [0.1, 0.15) is 13.8 Å². The lowest BCUT2D eigenvalue weighted by atomic mass is 10.6. The molecule has 0 fully saturated rings. The number of hydrogen-bond acceptors (Lipinski definition) is 0. The predicted molar refractivity (Wildman–Crippen MR) is 36.3 cm³/mol. The van der Waals surface area contributed by atoms with Gasteiger partial charge in [-0.1, -0.05) is 11.6 Å². The van der Waals surface area contributed by atoms with Crippen molar-refractivity contribution in [1.82, 2.24) is 0 Å². The summed E-state index contributed by atoms with van der Waals surface area (Å²) in [4.78, 5) is 0. The smallest absolute Gasteiger partial charge is 0.0264 e. The van der Waals surface area contributed by atoms with Gasteiger partial charge in [0.25, 0.3) is 0 Å². The molecule has 0 saturated heterocycles. The third-order valence-electron chi connectivity index (χ3n) is 0.763. The molecule has 1 unspecified atom stereocenters. The molecule has 0 heterocycles. The summed E-state index contributed by atoms with van der Waals surface area (Å²) in [6.07, 6.45) is 3.87. The van der Waals surface area contributed by atoms with Gasteiger partial charge in [-0.25, -0.2) is 0 Å². The molecule has 0 aliphatic carbocycles. The van der Waals surface area contributed by atoms with Crippen molar-refractivity contribution in [2.75, 3.05) is 6.66 Å². The topological polar surface area (TPSA) is 0 Å². The second-order valence-corrected chi connectivity index (χ2v) is 3.94. The van der Waals surface area contributed by atoms with Crippen LogP contribution in [0.25, 0.3) is 0 Å². The van der Waals surface area contributed by atoms with Crippen molar-refractivity contribution in [1.29, 1.82) is 0 Å².